The molecule has 0 N–H and O–H groups in total. The van der Waals surface area contributed by atoms with Crippen molar-refractivity contribution in [3.8, 4) is 53.3 Å². The molecule has 3 aromatic carbocycles. The first-order valence-electron chi connectivity index (χ1n) is 43.9. The van der Waals surface area contributed by atoms with Crippen molar-refractivity contribution in [3.63, 3.8) is 0 Å². The molecule has 4 aliphatic rings. The number of hydrogen-bond donors (Lipinski definition) is 0. The number of carbonyl (C=O) groups excluding carboxylic acids is 4. The summed E-state index contributed by atoms with van der Waals surface area (Å²) in [4.78, 5) is 78.1. The molecule has 0 bridgehead atoms. The second kappa shape index (κ2) is 40.2. The molecular weight excluding hydrogens is 1560 g/mol. The Bertz CT molecular complexity index is 4700. The van der Waals surface area contributed by atoms with Gasteiger partial charge in [-0.1, -0.05) is 223 Å². The Kier molecular flexibility index (Phi) is 30.0. The molecule has 13 rings (SSSR count). The van der Waals surface area contributed by atoms with Crippen molar-refractivity contribution in [1.29, 1.82) is 0 Å². The van der Waals surface area contributed by atoms with Crippen LogP contribution in [0, 0.1) is 47.1 Å². The fourth-order valence-corrected chi connectivity index (χ4v) is 23.9. The van der Waals surface area contributed by atoms with E-state index < -0.39 is 11.6 Å². The lowest BCUT2D eigenvalue weighted by Crippen LogP contribution is -2.34. The molecule has 9 aromatic rings. The lowest BCUT2D eigenvalue weighted by atomic mass is 9.93. The molecule has 116 heavy (non-hydrogen) atoms. The van der Waals surface area contributed by atoms with E-state index in [-0.39, 0.29) is 70.6 Å². The topological polar surface area (TPSA) is 99.7 Å². The zero-order valence-corrected chi connectivity index (χ0v) is 75.4. The van der Waals surface area contributed by atoms with Gasteiger partial charge >= 0.3 is 0 Å². The molecule has 6 unspecified atom stereocenters. The third-order valence-electron chi connectivity index (χ3n) is 24.9. The largest absolute Gasteiger partial charge is 0.490 e. The van der Waals surface area contributed by atoms with Crippen molar-refractivity contribution in [2.75, 3.05) is 39.4 Å². The second-order valence-electron chi connectivity index (χ2n) is 32.7. The molecule has 4 aliphatic heterocycles. The van der Waals surface area contributed by atoms with Crippen LogP contribution >= 0.6 is 68.0 Å². The SMILES string of the molecule is CCCCC(CC)COc1ccc(-c2c3cc(-c4ccc(C5=C6C(=O)N(CC(CC)CCCC)C(c7cccs7)=C6C(=O)N5CC(CC)CCCC)s4)sc3c(-c3ccc(OCC(CC)CCCC)c(F)c3)c3cc(-c4ccc(C5=C6C(=O)N(CC(CC)CCCC)C(c7cccs7)=C6C(=O)N5CC(CC)CCCC)s4)sc23)cc1F. The standard InChI is InChI=1S/C98H120F2N4O6S6/c1-13-25-33-61(19-7)55-101-89(77-39-31-49-111-77)85-87(97(101)107)91(103(95(85)105)57-63(21-9)35-27-15-3)79-47-45-75(113-79)81-53-69-83(67-41-43-73(71(99)51-67)109-59-65(23-11)37-29-17-5)94-70(84(93(69)115-81)68-42-44-74(72(100)52-68)110-60-66(24-12)38-30-18-6)54-82(116-94)76-46-48-80(114-76)92-88-86(96(106)104(92)58-64(22-10)36-28-16-4)90(78-40-32-50-112-78)102(98(88)108)56-62(20-8)34-26-14-2/h31-32,39-54,61-66H,13-30,33-38,55-60H2,1-12H3. The van der Waals surface area contributed by atoms with Crippen molar-refractivity contribution in [1.82, 2.24) is 19.6 Å². The molecule has 0 aliphatic carbocycles. The third-order valence-corrected chi connectivity index (χ3v) is 31.5. The maximum atomic E-state index is 17.5. The van der Waals surface area contributed by atoms with Crippen molar-refractivity contribution in [2.45, 2.75) is 237 Å². The monoisotopic (exact) mass is 1680 g/mol. The van der Waals surface area contributed by atoms with Gasteiger partial charge in [-0.2, -0.15) is 0 Å². The Morgan fingerprint density at radius 1 is 0.328 bits per heavy atom. The fourth-order valence-electron chi connectivity index (χ4n) is 17.6. The number of thiophene rings is 6. The lowest BCUT2D eigenvalue weighted by molar-refractivity contribution is -0.124. The van der Waals surface area contributed by atoms with E-state index in [0.717, 1.165) is 236 Å². The van der Waals surface area contributed by atoms with Gasteiger partial charge in [0.05, 0.1) is 77.8 Å². The highest BCUT2D eigenvalue weighted by Gasteiger charge is 2.52. The zero-order valence-electron chi connectivity index (χ0n) is 70.5. The number of nitrogens with zero attached hydrogens (tertiary/aromatic N) is 4. The van der Waals surface area contributed by atoms with E-state index in [1.807, 2.05) is 66.8 Å². The average Bonchev–Trinajstić information content (AvgIpc) is 1.48. The highest BCUT2D eigenvalue weighted by atomic mass is 32.1. The quantitative estimate of drug-likeness (QED) is 0.0377. The summed E-state index contributed by atoms with van der Waals surface area (Å²) in [5, 5.41) is 5.78. The summed E-state index contributed by atoms with van der Waals surface area (Å²) in [5.74, 6) is 0.504. The van der Waals surface area contributed by atoms with Gasteiger partial charge in [0.1, 0.15) is 0 Å². The number of amides is 4. The minimum absolute atomic E-state index is 0.120. The Hall–Kier alpha value is -7.32. The highest BCUT2D eigenvalue weighted by molar-refractivity contribution is 7.28. The third kappa shape index (κ3) is 18.1. The Morgan fingerprint density at radius 2 is 0.621 bits per heavy atom. The minimum Gasteiger partial charge on any atom is -0.490 e. The van der Waals surface area contributed by atoms with Gasteiger partial charge in [0.25, 0.3) is 23.6 Å². The molecule has 0 saturated carbocycles. The minimum atomic E-state index is -0.465. The van der Waals surface area contributed by atoms with Gasteiger partial charge in [0.15, 0.2) is 23.1 Å². The predicted molar refractivity (Wildman–Crippen MR) is 489 cm³/mol. The van der Waals surface area contributed by atoms with Crippen LogP contribution in [0.4, 0.5) is 8.78 Å². The van der Waals surface area contributed by atoms with Crippen molar-refractivity contribution in [2.24, 2.45) is 35.5 Å². The van der Waals surface area contributed by atoms with Crippen LogP contribution in [0.1, 0.15) is 257 Å². The normalized spacial score (nSPS) is 16.2. The summed E-state index contributed by atoms with van der Waals surface area (Å²) < 4.78 is 49.6. The van der Waals surface area contributed by atoms with E-state index in [9.17, 15) is 0 Å². The van der Waals surface area contributed by atoms with Gasteiger partial charge in [-0.15, -0.1) is 68.0 Å². The zero-order chi connectivity index (χ0) is 81.8. The summed E-state index contributed by atoms with van der Waals surface area (Å²) in [5.41, 5.74) is 7.74. The fraction of sp³-hybridized carbons (Fsp3) is 0.490. The first-order chi connectivity index (χ1) is 56.5. The molecule has 618 valence electrons. The molecule has 0 radical (unpaired) electrons. The van der Waals surface area contributed by atoms with Gasteiger partial charge < -0.3 is 29.1 Å². The number of hydrogen-bond acceptors (Lipinski definition) is 12. The van der Waals surface area contributed by atoms with Crippen LogP contribution in [0.2, 0.25) is 0 Å². The number of ether oxygens (including phenoxy) is 2. The number of fused-ring (bicyclic) bond motifs is 4. The van der Waals surface area contributed by atoms with Crippen LogP contribution in [-0.2, 0) is 19.2 Å². The van der Waals surface area contributed by atoms with Gasteiger partial charge in [-0.25, -0.2) is 8.78 Å². The molecule has 0 spiro atoms. The van der Waals surface area contributed by atoms with Crippen LogP contribution in [-0.4, -0.2) is 82.6 Å². The maximum Gasteiger partial charge on any atom is 0.261 e. The first-order valence-corrected chi connectivity index (χ1v) is 49.0. The van der Waals surface area contributed by atoms with Gasteiger partial charge in [0.2, 0.25) is 0 Å². The molecule has 10 heterocycles. The maximum absolute atomic E-state index is 17.5. The molecule has 18 heteroatoms. The Balaban J connectivity index is 1.02. The van der Waals surface area contributed by atoms with E-state index in [1.54, 1.807) is 92.3 Å². The molecule has 0 saturated heterocycles. The van der Waals surface area contributed by atoms with Crippen LogP contribution < -0.4 is 9.47 Å². The average molecular weight is 1680 g/mol. The van der Waals surface area contributed by atoms with E-state index in [4.69, 9.17) is 9.47 Å². The number of benzene rings is 3. The summed E-state index contributed by atoms with van der Waals surface area (Å²) in [7, 11) is 0. The van der Waals surface area contributed by atoms with E-state index in [0.29, 0.717) is 84.2 Å². The van der Waals surface area contributed by atoms with E-state index in [2.05, 4.69) is 119 Å². The van der Waals surface area contributed by atoms with Gasteiger partial charge in [-0.05, 0) is 169 Å². The molecule has 0 fully saturated rings. The Morgan fingerprint density at radius 3 is 0.897 bits per heavy atom. The lowest BCUT2D eigenvalue weighted by Gasteiger charge is -2.29. The van der Waals surface area contributed by atoms with Crippen LogP contribution in [0.15, 0.2) is 130 Å². The van der Waals surface area contributed by atoms with Crippen molar-refractivity contribution in [3.05, 3.63) is 161 Å². The molecular formula is C98H120F2N4O6S6. The molecule has 6 aromatic heterocycles. The predicted octanol–water partition coefficient (Wildman–Crippen LogP) is 29.0. The smallest absolute Gasteiger partial charge is 0.261 e. The number of halogens is 2. The highest BCUT2D eigenvalue weighted by Crippen LogP contribution is 2.57. The number of carbonyl (C=O) groups is 4. The summed E-state index contributed by atoms with van der Waals surface area (Å²) in [6.45, 7) is 29.2. The number of rotatable bonds is 46. The van der Waals surface area contributed by atoms with Crippen LogP contribution in [0.25, 0.3) is 84.7 Å². The van der Waals surface area contributed by atoms with Crippen molar-refractivity contribution >= 4 is 135 Å². The molecule has 6 atom stereocenters. The Labute approximate surface area is 712 Å². The van der Waals surface area contributed by atoms with E-state index >= 15 is 28.0 Å². The molecule has 4 amide bonds. The van der Waals surface area contributed by atoms with Crippen molar-refractivity contribution < 1.29 is 37.4 Å². The van der Waals surface area contributed by atoms with Gasteiger partial charge in [-0.3, -0.25) is 19.2 Å². The van der Waals surface area contributed by atoms with E-state index in [1.165, 1.54) is 0 Å². The van der Waals surface area contributed by atoms with Gasteiger partial charge in [0, 0.05) is 77.0 Å². The summed E-state index contributed by atoms with van der Waals surface area (Å²) in [6, 6.07) is 31.8. The summed E-state index contributed by atoms with van der Waals surface area (Å²) in [6.07, 6.45) is 24.1. The summed E-state index contributed by atoms with van der Waals surface area (Å²) >= 11 is 9.52. The first kappa shape index (κ1) is 86.5. The van der Waals surface area contributed by atoms with Crippen LogP contribution in [0.3, 0.4) is 0 Å². The molecule has 10 nitrogen and oxygen atoms in total. The second-order valence-corrected chi connectivity index (χ2v) is 38.9. The van der Waals surface area contributed by atoms with Crippen LogP contribution in [0.5, 0.6) is 11.5 Å². The number of unbranched alkanes of at least 4 members (excludes halogenated alkanes) is 6.